The lowest BCUT2D eigenvalue weighted by molar-refractivity contribution is 0.101. The quantitative estimate of drug-likeness (QED) is 0.133. The molecule has 0 spiro atoms. The molecule has 0 amide bonds. The van der Waals surface area contributed by atoms with Crippen molar-refractivity contribution in [1.82, 2.24) is 9.88 Å². The number of nitrogens with one attached hydrogen (secondary N) is 1. The molecule has 1 aromatic heterocycles. The van der Waals surface area contributed by atoms with Crippen LogP contribution in [0.5, 0.6) is 0 Å². The number of rotatable bonds is 12. The number of hydrogen-bond donors (Lipinski definition) is 1. The first kappa shape index (κ1) is 28.6. The minimum atomic E-state index is -1.17. The van der Waals surface area contributed by atoms with Crippen LogP contribution in [0, 0.1) is 5.92 Å². The number of Topliss-reactive ketones (excluding diaryl/α,β-unsaturated/α-hetero) is 1. The van der Waals surface area contributed by atoms with Gasteiger partial charge in [-0.15, -0.1) is 0 Å². The van der Waals surface area contributed by atoms with Crippen molar-refractivity contribution >= 4 is 41.3 Å². The van der Waals surface area contributed by atoms with Gasteiger partial charge in [0, 0.05) is 46.2 Å². The van der Waals surface area contributed by atoms with E-state index in [9.17, 15) is 4.79 Å². The highest BCUT2D eigenvalue weighted by Crippen LogP contribution is 2.36. The summed E-state index contributed by atoms with van der Waals surface area (Å²) in [6.07, 6.45) is 4.49. The molecule has 1 aromatic carbocycles. The molecule has 0 aliphatic carbocycles. The molecule has 1 aliphatic heterocycles. The molecule has 1 fully saturated rings. The van der Waals surface area contributed by atoms with Crippen molar-refractivity contribution in [3.63, 3.8) is 0 Å². The van der Waals surface area contributed by atoms with Gasteiger partial charge in [0.1, 0.15) is 6.73 Å². The largest absolute Gasteiger partial charge is 0.379 e. The van der Waals surface area contributed by atoms with E-state index in [0.29, 0.717) is 30.6 Å². The molecule has 8 heteroatoms. The maximum Gasteiger partial charge on any atom is 0.163 e. The smallest absolute Gasteiger partial charge is 0.163 e. The second kappa shape index (κ2) is 13.0. The molecule has 6 nitrogen and oxygen atoms in total. The molecule has 2 atom stereocenters. The van der Waals surface area contributed by atoms with Crippen LogP contribution in [0.15, 0.2) is 53.8 Å². The molecule has 0 radical (unpaired) electrons. The maximum absolute atomic E-state index is 12.5. The van der Waals surface area contributed by atoms with Crippen molar-refractivity contribution in [1.29, 1.82) is 0 Å². The molecule has 1 N–H and O–H groups in total. The zero-order chi connectivity index (χ0) is 26.3. The van der Waals surface area contributed by atoms with E-state index in [4.69, 9.17) is 4.74 Å². The van der Waals surface area contributed by atoms with Crippen molar-refractivity contribution in [3.8, 4) is 0 Å². The molecule has 0 bridgehead atoms. The minimum Gasteiger partial charge on any atom is -0.379 e. The summed E-state index contributed by atoms with van der Waals surface area (Å²) in [5.74, 6) is 1.15. The van der Waals surface area contributed by atoms with Gasteiger partial charge in [-0.2, -0.15) is 0 Å². The van der Waals surface area contributed by atoms with Gasteiger partial charge in [-0.25, -0.2) is 4.98 Å². The molecule has 2 heterocycles. The Morgan fingerprint density at radius 1 is 1.33 bits per heavy atom. The summed E-state index contributed by atoms with van der Waals surface area (Å²) in [5, 5.41) is 3.73. The van der Waals surface area contributed by atoms with Gasteiger partial charge < -0.3 is 15.0 Å². The van der Waals surface area contributed by atoms with E-state index in [0.717, 1.165) is 42.3 Å². The van der Waals surface area contributed by atoms with Crippen molar-refractivity contribution < 1.29 is 9.53 Å². The number of piperidine rings is 1. The molecule has 0 saturated carbocycles. The third-order valence-corrected chi connectivity index (χ3v) is 9.18. The van der Waals surface area contributed by atoms with Gasteiger partial charge in [-0.1, -0.05) is 63.5 Å². The number of carbonyl (C=O) groups is 1. The Kier molecular flexibility index (Phi) is 10.3. The lowest BCUT2D eigenvalue weighted by Crippen LogP contribution is -2.46. The van der Waals surface area contributed by atoms with E-state index in [1.54, 1.807) is 19.3 Å². The van der Waals surface area contributed by atoms with Gasteiger partial charge in [-0.05, 0) is 53.3 Å². The van der Waals surface area contributed by atoms with Gasteiger partial charge in [0.2, 0.25) is 0 Å². The standard InChI is InChI=1S/C28H41BrN4O2Si/c1-7-33(20-35-15-16-36(4,5)6)28-26(29)27(24(17-30-28)22(3)34)31-25-19-32(14-13-21(25)2)18-23-11-9-8-10-12-23/h7-12,17,21,25H,1,13-16,18-20H2,2-6H3,(H,30,31)/t21-,25+/m1/s1. The minimum absolute atomic E-state index is 0.0154. The summed E-state index contributed by atoms with van der Waals surface area (Å²) in [6.45, 7) is 18.8. The molecular weight excluding hydrogens is 532 g/mol. The number of ketones is 1. The molecule has 2 aromatic rings. The second-order valence-electron chi connectivity index (χ2n) is 11.0. The highest BCUT2D eigenvalue weighted by atomic mass is 79.9. The Hall–Kier alpha value is -2.00. The fourth-order valence-corrected chi connectivity index (χ4v) is 5.74. The molecular formula is C28H41BrN4O2Si. The number of anilines is 2. The Morgan fingerprint density at radius 3 is 2.69 bits per heavy atom. The number of likely N-dealkylation sites (tertiary alicyclic amines) is 1. The van der Waals surface area contributed by atoms with Gasteiger partial charge in [0.25, 0.3) is 0 Å². The summed E-state index contributed by atoms with van der Waals surface area (Å²) in [6, 6.07) is 11.9. The zero-order valence-electron chi connectivity index (χ0n) is 22.4. The number of benzene rings is 1. The summed E-state index contributed by atoms with van der Waals surface area (Å²) < 4.78 is 6.72. The second-order valence-corrected chi connectivity index (χ2v) is 17.4. The van der Waals surface area contributed by atoms with Gasteiger partial charge in [0.05, 0.1) is 15.7 Å². The lowest BCUT2D eigenvalue weighted by atomic mass is 9.92. The summed E-state index contributed by atoms with van der Waals surface area (Å²) >= 11 is 3.77. The van der Waals surface area contributed by atoms with Crippen LogP contribution in [-0.2, 0) is 11.3 Å². The monoisotopic (exact) mass is 572 g/mol. The summed E-state index contributed by atoms with van der Waals surface area (Å²) in [7, 11) is -1.17. The van der Waals surface area contributed by atoms with Crippen molar-refractivity contribution in [2.45, 2.75) is 58.5 Å². The van der Waals surface area contributed by atoms with E-state index in [1.807, 2.05) is 4.90 Å². The van der Waals surface area contributed by atoms with E-state index in [-0.39, 0.29) is 11.8 Å². The number of aromatic nitrogens is 1. The predicted molar refractivity (Wildman–Crippen MR) is 157 cm³/mol. The van der Waals surface area contributed by atoms with E-state index in [1.165, 1.54) is 5.56 Å². The SMILES string of the molecule is C=CN(COCC[Si](C)(C)C)c1ncc(C(C)=O)c(N[C@H]2CN(Cc3ccccc3)CC[C@H]2C)c1Br. The normalized spacial score (nSPS) is 18.6. The Bertz CT molecular complexity index is 1030. The van der Waals surface area contributed by atoms with Crippen LogP contribution in [0.1, 0.15) is 36.2 Å². The van der Waals surface area contributed by atoms with E-state index in [2.05, 4.69) is 94.6 Å². The number of carbonyl (C=O) groups excluding carboxylic acids is 1. The summed E-state index contributed by atoms with van der Waals surface area (Å²) in [4.78, 5) is 21.5. The average molecular weight is 574 g/mol. The van der Waals surface area contributed by atoms with Crippen LogP contribution in [0.25, 0.3) is 0 Å². The topological polar surface area (TPSA) is 57.7 Å². The third kappa shape index (κ3) is 8.00. The van der Waals surface area contributed by atoms with Crippen LogP contribution in [-0.4, -0.2) is 56.2 Å². The molecule has 1 aliphatic rings. The van der Waals surface area contributed by atoms with Gasteiger partial charge in [-0.3, -0.25) is 9.69 Å². The summed E-state index contributed by atoms with van der Waals surface area (Å²) in [5.41, 5.74) is 2.69. The number of hydrogen-bond acceptors (Lipinski definition) is 6. The molecule has 36 heavy (non-hydrogen) atoms. The average Bonchev–Trinajstić information content (AvgIpc) is 2.82. The molecule has 3 rings (SSSR count). The van der Waals surface area contributed by atoms with Crippen molar-refractivity contribution in [2.24, 2.45) is 5.92 Å². The lowest BCUT2D eigenvalue weighted by Gasteiger charge is -2.38. The van der Waals surface area contributed by atoms with Crippen LogP contribution in [0.2, 0.25) is 25.7 Å². The zero-order valence-corrected chi connectivity index (χ0v) is 25.0. The Balaban J connectivity index is 1.78. The number of nitrogens with zero attached hydrogens (tertiary/aromatic N) is 3. The van der Waals surface area contributed by atoms with Crippen LogP contribution < -0.4 is 10.2 Å². The van der Waals surface area contributed by atoms with Gasteiger partial charge >= 0.3 is 0 Å². The molecule has 0 unspecified atom stereocenters. The number of pyridine rings is 1. The highest BCUT2D eigenvalue weighted by Gasteiger charge is 2.29. The maximum atomic E-state index is 12.5. The molecule has 1 saturated heterocycles. The van der Waals surface area contributed by atoms with Crippen LogP contribution >= 0.6 is 15.9 Å². The van der Waals surface area contributed by atoms with Crippen molar-refractivity contribution in [3.05, 3.63) is 64.9 Å². The number of halogens is 1. The highest BCUT2D eigenvalue weighted by molar-refractivity contribution is 9.10. The fraction of sp³-hybridized carbons (Fsp3) is 0.500. The fourth-order valence-electron chi connectivity index (χ4n) is 4.32. The first-order chi connectivity index (χ1) is 17.1. The Labute approximate surface area is 226 Å². The van der Waals surface area contributed by atoms with Crippen LogP contribution in [0.4, 0.5) is 11.5 Å². The van der Waals surface area contributed by atoms with Crippen LogP contribution in [0.3, 0.4) is 0 Å². The third-order valence-electron chi connectivity index (χ3n) is 6.72. The van der Waals surface area contributed by atoms with Crippen molar-refractivity contribution in [2.75, 3.05) is 36.6 Å². The number of ether oxygens (including phenoxy) is 1. The first-order valence-electron chi connectivity index (χ1n) is 12.8. The van der Waals surface area contributed by atoms with Gasteiger partial charge in [0.15, 0.2) is 11.6 Å². The molecule has 196 valence electrons. The first-order valence-corrected chi connectivity index (χ1v) is 17.3. The van der Waals surface area contributed by atoms with E-state index >= 15 is 0 Å². The van der Waals surface area contributed by atoms with E-state index < -0.39 is 8.07 Å². The predicted octanol–water partition coefficient (Wildman–Crippen LogP) is 6.63. The Morgan fingerprint density at radius 2 is 2.06 bits per heavy atom.